The number of rotatable bonds is 15. The second-order valence-electron chi connectivity index (χ2n) is 10.6. The quantitative estimate of drug-likeness (QED) is 0.317. The van der Waals surface area contributed by atoms with Crippen LogP contribution < -0.4 is 19.9 Å². The molecule has 2 aliphatic heterocycles. The average Bonchev–Trinajstić information content (AvgIpc) is 3.67. The van der Waals surface area contributed by atoms with Crippen LogP contribution in [0, 0.1) is 5.92 Å². The van der Waals surface area contributed by atoms with Crippen molar-refractivity contribution in [2.75, 3.05) is 46.6 Å². The topological polar surface area (TPSA) is 132 Å². The number of carboxylic acid groups (broad SMARTS) is 1. The lowest BCUT2D eigenvalue weighted by Gasteiger charge is -2.29. The van der Waals surface area contributed by atoms with E-state index in [-0.39, 0.29) is 31.2 Å². The maximum Gasteiger partial charge on any atom is 0.308 e. The third kappa shape index (κ3) is 6.69. The molecule has 11 nitrogen and oxygen atoms in total. The van der Waals surface area contributed by atoms with Gasteiger partial charge in [-0.1, -0.05) is 13.3 Å². The molecule has 40 heavy (non-hydrogen) atoms. The minimum atomic E-state index is -0.882. The van der Waals surface area contributed by atoms with Gasteiger partial charge in [0.2, 0.25) is 18.4 Å². The number of likely N-dealkylation sites (tertiary alicyclic amines) is 1. The highest BCUT2D eigenvalue weighted by Gasteiger charge is 2.47. The summed E-state index contributed by atoms with van der Waals surface area (Å²) in [7, 11) is 3.49. The fraction of sp³-hybridized carbons (Fsp3) is 0.621. The predicted molar refractivity (Wildman–Crippen MR) is 150 cm³/mol. The average molecular weight is 558 g/mol. The minimum Gasteiger partial charge on any atom is -0.493 e. The molecular weight excluding hydrogens is 514 g/mol. The van der Waals surface area contributed by atoms with E-state index >= 15 is 0 Å². The van der Waals surface area contributed by atoms with E-state index in [4.69, 9.17) is 19.9 Å². The highest BCUT2D eigenvalue weighted by atomic mass is 16.7. The smallest absolute Gasteiger partial charge is 0.308 e. The monoisotopic (exact) mass is 557 g/mol. The van der Waals surface area contributed by atoms with Crippen molar-refractivity contribution in [2.45, 2.75) is 57.4 Å². The van der Waals surface area contributed by atoms with Crippen molar-refractivity contribution in [1.29, 1.82) is 0 Å². The number of fused-ring (bicyclic) bond motifs is 1. The fourth-order valence-electron chi connectivity index (χ4n) is 5.90. The van der Waals surface area contributed by atoms with Crippen LogP contribution in [0.5, 0.6) is 17.2 Å². The Morgan fingerprint density at radius 3 is 2.70 bits per heavy atom. The number of nitrogens with two attached hydrogens (primary N) is 1. The number of benzene rings is 1. The third-order valence-electron chi connectivity index (χ3n) is 8.08. The van der Waals surface area contributed by atoms with Gasteiger partial charge in [-0.2, -0.15) is 0 Å². The number of unbranched alkanes of at least 4 members (excludes halogenated alkanes) is 2. The van der Waals surface area contributed by atoms with E-state index in [1.807, 2.05) is 34.8 Å². The number of aromatic nitrogens is 2. The highest BCUT2D eigenvalue weighted by molar-refractivity contribution is 5.79. The first-order chi connectivity index (χ1) is 19.4. The van der Waals surface area contributed by atoms with E-state index in [2.05, 4.69) is 16.8 Å². The predicted octanol–water partition coefficient (Wildman–Crippen LogP) is 2.63. The molecule has 0 bridgehead atoms. The first-order valence-electron chi connectivity index (χ1n) is 14.3. The van der Waals surface area contributed by atoms with Crippen molar-refractivity contribution in [3.8, 4) is 17.2 Å². The zero-order valence-electron chi connectivity index (χ0n) is 23.9. The molecule has 2 aromatic rings. The molecule has 1 fully saturated rings. The van der Waals surface area contributed by atoms with E-state index in [1.165, 1.54) is 0 Å². The molecule has 3 atom stereocenters. The van der Waals surface area contributed by atoms with Crippen LogP contribution in [0.4, 0.5) is 0 Å². The number of methoxy groups -OCH3 is 1. The van der Waals surface area contributed by atoms with Crippen LogP contribution in [0.2, 0.25) is 0 Å². The SMILES string of the molecule is CCCCN(CCCCN)C(=O)CN1CC(c2cc(OC)c3c(c2)OCO3)C(C(=O)O)C1CCc1nccn1C. The maximum atomic E-state index is 13.6. The summed E-state index contributed by atoms with van der Waals surface area (Å²) in [6.45, 7) is 4.74. The Morgan fingerprint density at radius 2 is 2.02 bits per heavy atom. The van der Waals surface area contributed by atoms with Gasteiger partial charge in [-0.3, -0.25) is 14.5 Å². The minimum absolute atomic E-state index is 0.0283. The molecule has 2 aliphatic rings. The summed E-state index contributed by atoms with van der Waals surface area (Å²) in [4.78, 5) is 34.9. The number of hydrogen-bond acceptors (Lipinski definition) is 8. The first kappa shape index (κ1) is 29.7. The molecule has 0 aliphatic carbocycles. The summed E-state index contributed by atoms with van der Waals surface area (Å²) in [6, 6.07) is 3.35. The lowest BCUT2D eigenvalue weighted by Crippen LogP contribution is -2.45. The fourth-order valence-corrected chi connectivity index (χ4v) is 5.90. The Kier molecular flexibility index (Phi) is 10.3. The zero-order valence-corrected chi connectivity index (χ0v) is 23.9. The molecule has 4 rings (SSSR count). The first-order valence-corrected chi connectivity index (χ1v) is 14.3. The molecule has 0 radical (unpaired) electrons. The molecule has 3 heterocycles. The molecule has 220 valence electrons. The van der Waals surface area contributed by atoms with E-state index in [0.29, 0.717) is 56.3 Å². The van der Waals surface area contributed by atoms with Gasteiger partial charge in [0.15, 0.2) is 11.5 Å². The van der Waals surface area contributed by atoms with Gasteiger partial charge in [-0.25, -0.2) is 4.98 Å². The standard InChI is InChI=1S/C29H43N5O6/c1-4-5-12-33(13-7-6-10-30)26(35)18-34-17-21(20-15-23(38-3)28-24(16-20)39-19-40-28)27(29(36)37)22(34)8-9-25-31-11-14-32(25)2/h11,14-16,21-22,27H,4-10,12-13,17-19,30H2,1-3H3,(H,36,37). The molecule has 0 spiro atoms. The second kappa shape index (κ2) is 13.8. The summed E-state index contributed by atoms with van der Waals surface area (Å²) >= 11 is 0. The molecule has 11 heteroatoms. The number of amides is 1. The Bertz CT molecular complexity index is 1150. The van der Waals surface area contributed by atoms with E-state index in [0.717, 1.165) is 37.1 Å². The molecule has 0 saturated carbocycles. The number of aryl methyl sites for hydroxylation is 2. The van der Waals surface area contributed by atoms with Crippen molar-refractivity contribution in [1.82, 2.24) is 19.4 Å². The van der Waals surface area contributed by atoms with Crippen LogP contribution in [0.25, 0.3) is 0 Å². The molecule has 1 saturated heterocycles. The van der Waals surface area contributed by atoms with Crippen LogP contribution in [0.3, 0.4) is 0 Å². The van der Waals surface area contributed by atoms with Crippen LogP contribution in [0.1, 0.15) is 56.3 Å². The molecule has 3 N–H and O–H groups in total. The summed E-state index contributed by atoms with van der Waals surface area (Å²) in [5, 5.41) is 10.5. The third-order valence-corrected chi connectivity index (χ3v) is 8.08. The van der Waals surface area contributed by atoms with Crippen molar-refractivity contribution >= 4 is 11.9 Å². The summed E-state index contributed by atoms with van der Waals surface area (Å²) in [5.41, 5.74) is 6.50. The van der Waals surface area contributed by atoms with Crippen LogP contribution >= 0.6 is 0 Å². The van der Waals surface area contributed by atoms with E-state index < -0.39 is 11.9 Å². The lowest BCUT2D eigenvalue weighted by atomic mass is 9.83. The van der Waals surface area contributed by atoms with Crippen LogP contribution in [0.15, 0.2) is 24.5 Å². The van der Waals surface area contributed by atoms with Crippen molar-refractivity contribution < 1.29 is 28.9 Å². The van der Waals surface area contributed by atoms with E-state index in [9.17, 15) is 14.7 Å². The Hall–Kier alpha value is -3.31. The number of nitrogens with zero attached hydrogens (tertiary/aromatic N) is 4. The normalized spacial score (nSPS) is 20.1. The zero-order chi connectivity index (χ0) is 28.6. The van der Waals surface area contributed by atoms with E-state index in [1.54, 1.807) is 13.3 Å². The molecular formula is C29H43N5O6. The second-order valence-corrected chi connectivity index (χ2v) is 10.6. The Morgan fingerprint density at radius 1 is 1.23 bits per heavy atom. The van der Waals surface area contributed by atoms with Gasteiger partial charge < -0.3 is 34.5 Å². The Labute approximate surface area is 236 Å². The molecule has 3 unspecified atom stereocenters. The summed E-state index contributed by atoms with van der Waals surface area (Å²) < 4.78 is 18.7. The van der Waals surface area contributed by atoms with Crippen LogP contribution in [-0.4, -0.2) is 89.0 Å². The maximum absolute atomic E-state index is 13.6. The molecule has 1 amide bonds. The van der Waals surface area contributed by atoms with Gasteiger partial charge in [0.25, 0.3) is 0 Å². The van der Waals surface area contributed by atoms with Gasteiger partial charge >= 0.3 is 5.97 Å². The van der Waals surface area contributed by atoms with Crippen molar-refractivity contribution in [3.63, 3.8) is 0 Å². The van der Waals surface area contributed by atoms with Crippen LogP contribution in [-0.2, 0) is 23.1 Å². The number of carboxylic acids is 1. The van der Waals surface area contributed by atoms with Gasteiger partial charge in [-0.05, 0) is 49.9 Å². The van der Waals surface area contributed by atoms with Gasteiger partial charge in [0.05, 0.1) is 19.6 Å². The number of imidazole rings is 1. The van der Waals surface area contributed by atoms with Crippen molar-refractivity contribution in [3.05, 3.63) is 35.9 Å². The Balaban J connectivity index is 1.62. The lowest BCUT2D eigenvalue weighted by molar-refractivity contribution is -0.143. The van der Waals surface area contributed by atoms with Crippen molar-refractivity contribution in [2.24, 2.45) is 18.7 Å². The number of ether oxygens (including phenoxy) is 3. The number of carbonyl (C=O) groups is 2. The number of hydrogen-bond donors (Lipinski definition) is 2. The van der Waals surface area contributed by atoms with Gasteiger partial charge in [-0.15, -0.1) is 0 Å². The highest BCUT2D eigenvalue weighted by Crippen LogP contribution is 2.47. The van der Waals surface area contributed by atoms with Gasteiger partial charge in [0.1, 0.15) is 5.82 Å². The summed E-state index contributed by atoms with van der Waals surface area (Å²) in [6.07, 6.45) is 8.43. The molecule has 1 aromatic carbocycles. The number of carbonyl (C=O) groups excluding carboxylic acids is 1. The largest absolute Gasteiger partial charge is 0.493 e. The molecule has 1 aromatic heterocycles. The summed E-state index contributed by atoms with van der Waals surface area (Å²) in [5.74, 6) is 0.532. The number of aliphatic carboxylic acids is 1. The van der Waals surface area contributed by atoms with Gasteiger partial charge in [0, 0.05) is 57.5 Å².